The Hall–Kier alpha value is -0.370. The average molecular weight is 429 g/mol. The fraction of sp³-hybridized carbons (Fsp3) is 0.857. The molecule has 7 atom stereocenters. The Balaban J connectivity index is 1.51. The molecule has 0 heterocycles. The van der Waals surface area contributed by atoms with Crippen molar-refractivity contribution in [3.63, 3.8) is 0 Å². The van der Waals surface area contributed by atoms with Gasteiger partial charge < -0.3 is 5.11 Å². The molecule has 0 aromatic carbocycles. The summed E-state index contributed by atoms with van der Waals surface area (Å²) >= 11 is 0. The molecule has 0 amide bonds. The number of ketones is 1. The van der Waals surface area contributed by atoms with E-state index in [0.717, 1.165) is 51.4 Å². The Kier molecular flexibility index (Phi) is 5.30. The van der Waals surface area contributed by atoms with Crippen molar-refractivity contribution in [3.05, 3.63) is 11.6 Å². The third-order valence-corrected chi connectivity index (χ3v) is 10.4. The van der Waals surface area contributed by atoms with E-state index in [-0.39, 0.29) is 22.9 Å². The summed E-state index contributed by atoms with van der Waals surface area (Å²) < 4.78 is 31.0. The summed E-state index contributed by atoms with van der Waals surface area (Å²) in [6.07, 6.45) is 10.2. The molecule has 0 aromatic rings. The van der Waals surface area contributed by atoms with Crippen molar-refractivity contribution in [1.29, 1.82) is 0 Å². The molecule has 0 bridgehead atoms. The van der Waals surface area contributed by atoms with Crippen molar-refractivity contribution in [2.75, 3.05) is 5.75 Å². The Morgan fingerprint density at radius 2 is 1.93 bits per heavy atom. The normalized spacial score (nSPS) is 45.6. The number of carbonyl (C=O) groups is 1. The molecule has 4 rings (SSSR count). The molecule has 0 unspecified atom stereocenters. The van der Waals surface area contributed by atoms with Gasteiger partial charge in [-0.05, 0) is 87.4 Å². The summed E-state index contributed by atoms with van der Waals surface area (Å²) in [7, 11) is -3.82. The van der Waals surface area contributed by atoms with Gasteiger partial charge in [-0.2, -0.15) is 8.42 Å². The number of rotatable bonds is 4. The number of allylic oxidation sites excluding steroid dienone is 1. The number of hydrogen-bond acceptors (Lipinski definition) is 5. The first-order chi connectivity index (χ1) is 13.0. The van der Waals surface area contributed by atoms with E-state index in [1.165, 1.54) is 5.57 Å². The molecule has 2 N–H and O–H groups in total. The number of fused-ring (bicyclic) bond motifs is 5. The number of carbonyl (C=O) groups excluding carboxylic acids is 1. The second-order valence-electron chi connectivity index (χ2n) is 10.1. The number of hydrogen-bond donors (Lipinski definition) is 2. The van der Waals surface area contributed by atoms with Crippen LogP contribution in [0, 0.1) is 35.0 Å². The van der Waals surface area contributed by atoms with Gasteiger partial charge in [-0.1, -0.05) is 18.6 Å². The van der Waals surface area contributed by atoms with Gasteiger partial charge in [0.2, 0.25) is 0 Å². The minimum absolute atomic E-state index is 0.0215. The minimum atomic E-state index is -4.17. The summed E-state index contributed by atoms with van der Waals surface area (Å²) in [4.78, 5) is 12.8. The van der Waals surface area contributed by atoms with Gasteiger partial charge >= 0.3 is 9.15 Å². The molecule has 5 nitrogen and oxygen atoms in total. The molecular weight excluding hydrogens is 396 g/mol. The van der Waals surface area contributed by atoms with Crippen LogP contribution in [0.4, 0.5) is 0 Å². The van der Waals surface area contributed by atoms with Gasteiger partial charge in [-0.15, -0.1) is 0 Å². The average Bonchev–Trinajstić information content (AvgIpc) is 2.95. The summed E-state index contributed by atoms with van der Waals surface area (Å²) in [5.74, 6) is 2.10. The fourth-order valence-electron chi connectivity index (χ4n) is 7.23. The van der Waals surface area contributed by atoms with E-state index in [1.807, 2.05) is 6.92 Å². The van der Waals surface area contributed by atoms with Crippen molar-refractivity contribution in [2.45, 2.75) is 70.8 Å². The molecule has 3 saturated carbocycles. The van der Waals surface area contributed by atoms with Crippen LogP contribution in [0.3, 0.4) is 0 Å². The molecule has 0 saturated heterocycles. The molecule has 4 aliphatic rings. The number of aliphatic hydroxyl groups is 1. The van der Waals surface area contributed by atoms with Crippen LogP contribution in [-0.2, 0) is 13.9 Å². The maximum absolute atomic E-state index is 12.8. The smallest absolute Gasteiger partial charge is 0.320 e. The fourth-order valence-corrected chi connectivity index (χ4v) is 8.49. The number of Topliss-reactive ketones (excluding diaryl/α,β-unsaturated/α-hetero) is 1. The summed E-state index contributed by atoms with van der Waals surface area (Å²) in [5.41, 5.74) is 0.841. The standard InChI is InChI=1S/C21H32O5S2/c1-20(23)9-7-14-13(11-20)3-4-16-15(14)8-10-21(2)17(16)5-6-18(21)19(22)12-27-28(24,25)26/h3,14-18,23H,4-12H2,1-2H3,(H,24,25,26)/t14-,15+,16+,17-,18+,20-,21-/m0/s1. The van der Waals surface area contributed by atoms with E-state index in [9.17, 15) is 18.3 Å². The minimum Gasteiger partial charge on any atom is -0.390 e. The van der Waals surface area contributed by atoms with Crippen LogP contribution in [0.5, 0.6) is 0 Å². The lowest BCUT2D eigenvalue weighted by Gasteiger charge is -2.54. The molecule has 0 spiro atoms. The largest absolute Gasteiger partial charge is 0.390 e. The van der Waals surface area contributed by atoms with E-state index in [2.05, 4.69) is 13.0 Å². The molecule has 4 aliphatic carbocycles. The van der Waals surface area contributed by atoms with Crippen LogP contribution >= 0.6 is 10.8 Å². The first-order valence-corrected chi connectivity index (χ1v) is 13.5. The van der Waals surface area contributed by atoms with Crippen LogP contribution < -0.4 is 0 Å². The van der Waals surface area contributed by atoms with Gasteiger partial charge in [0, 0.05) is 16.7 Å². The van der Waals surface area contributed by atoms with E-state index in [1.54, 1.807) is 0 Å². The molecule has 3 fully saturated rings. The molecule has 0 aliphatic heterocycles. The quantitative estimate of drug-likeness (QED) is 0.399. The van der Waals surface area contributed by atoms with Gasteiger partial charge in [0.05, 0.1) is 11.4 Å². The summed E-state index contributed by atoms with van der Waals surface area (Å²) in [6.45, 7) is 4.19. The highest BCUT2D eigenvalue weighted by atomic mass is 33.1. The molecule has 158 valence electrons. The Morgan fingerprint density at radius 1 is 1.18 bits per heavy atom. The molecule has 0 radical (unpaired) electrons. The predicted octanol–water partition coefficient (Wildman–Crippen LogP) is 4.03. The lowest BCUT2D eigenvalue weighted by Crippen LogP contribution is -2.48. The van der Waals surface area contributed by atoms with Gasteiger partial charge in [-0.25, -0.2) is 0 Å². The van der Waals surface area contributed by atoms with Gasteiger partial charge in [-0.3, -0.25) is 9.35 Å². The third kappa shape index (κ3) is 3.72. The highest BCUT2D eigenvalue weighted by Crippen LogP contribution is 2.63. The maximum Gasteiger partial charge on any atom is 0.320 e. The van der Waals surface area contributed by atoms with Crippen molar-refractivity contribution >= 4 is 25.7 Å². The molecule has 7 heteroatoms. The van der Waals surface area contributed by atoms with Crippen molar-refractivity contribution in [3.8, 4) is 0 Å². The Morgan fingerprint density at radius 3 is 2.64 bits per heavy atom. The first-order valence-electron chi connectivity index (χ1n) is 10.6. The van der Waals surface area contributed by atoms with E-state index < -0.39 is 14.8 Å². The molecule has 0 aromatic heterocycles. The Bertz CT molecular complexity index is 787. The molecule has 28 heavy (non-hydrogen) atoms. The maximum atomic E-state index is 12.8. The third-order valence-electron chi connectivity index (χ3n) is 8.46. The zero-order valence-corrected chi connectivity index (χ0v) is 18.4. The van der Waals surface area contributed by atoms with E-state index in [4.69, 9.17) is 4.55 Å². The monoisotopic (exact) mass is 428 g/mol. The van der Waals surface area contributed by atoms with Gasteiger partial charge in [0.1, 0.15) is 5.78 Å². The topological polar surface area (TPSA) is 91.7 Å². The van der Waals surface area contributed by atoms with Gasteiger partial charge in [0.25, 0.3) is 0 Å². The second kappa shape index (κ2) is 7.10. The highest BCUT2D eigenvalue weighted by molar-refractivity contribution is 8.70. The Labute approximate surface area is 171 Å². The van der Waals surface area contributed by atoms with Crippen LogP contribution in [-0.4, -0.2) is 35.2 Å². The summed E-state index contributed by atoms with van der Waals surface area (Å²) in [5, 5.41) is 10.5. The zero-order chi connectivity index (χ0) is 20.3. The van der Waals surface area contributed by atoms with E-state index in [0.29, 0.717) is 34.5 Å². The lowest BCUT2D eigenvalue weighted by molar-refractivity contribution is -0.126. The van der Waals surface area contributed by atoms with Crippen molar-refractivity contribution < 1.29 is 22.9 Å². The van der Waals surface area contributed by atoms with Crippen LogP contribution in [0.25, 0.3) is 0 Å². The lowest BCUT2D eigenvalue weighted by atomic mass is 9.51. The predicted molar refractivity (Wildman–Crippen MR) is 110 cm³/mol. The second-order valence-corrected chi connectivity index (χ2v) is 13.4. The van der Waals surface area contributed by atoms with Crippen LogP contribution in [0.2, 0.25) is 0 Å². The zero-order valence-electron chi connectivity index (χ0n) is 16.8. The van der Waals surface area contributed by atoms with Crippen molar-refractivity contribution in [2.24, 2.45) is 35.0 Å². The van der Waals surface area contributed by atoms with Crippen LogP contribution in [0.15, 0.2) is 11.6 Å². The van der Waals surface area contributed by atoms with Crippen LogP contribution in [0.1, 0.15) is 65.2 Å². The van der Waals surface area contributed by atoms with Gasteiger partial charge in [0.15, 0.2) is 0 Å². The SMILES string of the molecule is C[C@]1(O)CC[C@H]2C(=CC[C@@H]3[C@@H]2CC[C@]2(C)[C@@H](C(=O)CSS(=O)(=O)O)CC[C@@H]32)C1. The first kappa shape index (κ1) is 20.9. The summed E-state index contributed by atoms with van der Waals surface area (Å²) in [6, 6.07) is 0. The van der Waals surface area contributed by atoms with Crippen molar-refractivity contribution in [1.82, 2.24) is 0 Å². The highest BCUT2D eigenvalue weighted by Gasteiger charge is 2.57. The molecular formula is C21H32O5S2. The van der Waals surface area contributed by atoms with E-state index >= 15 is 0 Å².